The van der Waals surface area contributed by atoms with Gasteiger partial charge in [-0.1, -0.05) is 0 Å². The van der Waals surface area contributed by atoms with Gasteiger partial charge in [-0.05, 0) is 31.4 Å². The van der Waals surface area contributed by atoms with Crippen molar-refractivity contribution in [2.45, 2.75) is 25.8 Å². The Labute approximate surface area is 142 Å². The Kier molecular flexibility index (Phi) is 8.17. The van der Waals surface area contributed by atoms with Gasteiger partial charge < -0.3 is 20.0 Å². The fraction of sp³-hybridized carbons (Fsp3) is 0.571. The standard InChI is InChI=1S/C14H22N4O2.HI/c1-15-14(16-10-12-6-5-9-20-12)17-11-13(19)18-7-3-2-4-8-18;/h5-6,9H,2-4,7-8,10-11H2,1H3,(H2,15,16,17);1H. The number of amides is 1. The second-order valence-electron chi connectivity index (χ2n) is 4.80. The van der Waals surface area contributed by atoms with Gasteiger partial charge in [0.25, 0.3) is 0 Å². The van der Waals surface area contributed by atoms with E-state index >= 15 is 0 Å². The van der Waals surface area contributed by atoms with E-state index in [1.807, 2.05) is 17.0 Å². The maximum absolute atomic E-state index is 12.0. The van der Waals surface area contributed by atoms with Crippen LogP contribution < -0.4 is 10.6 Å². The third kappa shape index (κ3) is 5.94. The molecule has 0 aliphatic carbocycles. The van der Waals surface area contributed by atoms with E-state index < -0.39 is 0 Å². The van der Waals surface area contributed by atoms with E-state index in [1.54, 1.807) is 13.3 Å². The number of hydrogen-bond acceptors (Lipinski definition) is 3. The second-order valence-corrected chi connectivity index (χ2v) is 4.80. The fourth-order valence-corrected chi connectivity index (χ4v) is 2.22. The first-order valence-electron chi connectivity index (χ1n) is 7.04. The van der Waals surface area contributed by atoms with Crippen molar-refractivity contribution in [3.63, 3.8) is 0 Å². The predicted molar refractivity (Wildman–Crippen MR) is 92.8 cm³/mol. The van der Waals surface area contributed by atoms with Crippen LogP contribution in [-0.2, 0) is 11.3 Å². The molecule has 2 heterocycles. The smallest absolute Gasteiger partial charge is 0.241 e. The van der Waals surface area contributed by atoms with Crippen LogP contribution >= 0.6 is 24.0 Å². The van der Waals surface area contributed by atoms with Crippen molar-refractivity contribution in [3.8, 4) is 0 Å². The number of carbonyl (C=O) groups excluding carboxylic acids is 1. The zero-order valence-electron chi connectivity index (χ0n) is 12.3. The first-order valence-corrected chi connectivity index (χ1v) is 7.04. The summed E-state index contributed by atoms with van der Waals surface area (Å²) in [5.41, 5.74) is 0. The van der Waals surface area contributed by atoms with Gasteiger partial charge in [-0.3, -0.25) is 9.79 Å². The van der Waals surface area contributed by atoms with Crippen LogP contribution in [0.3, 0.4) is 0 Å². The molecule has 0 aromatic carbocycles. The van der Waals surface area contributed by atoms with Crippen LogP contribution in [0.4, 0.5) is 0 Å². The molecular formula is C14H23IN4O2. The van der Waals surface area contributed by atoms with Crippen molar-refractivity contribution < 1.29 is 9.21 Å². The van der Waals surface area contributed by atoms with Crippen LogP contribution in [0.5, 0.6) is 0 Å². The highest BCUT2D eigenvalue weighted by Gasteiger charge is 2.16. The Hall–Kier alpha value is -1.25. The van der Waals surface area contributed by atoms with Crippen molar-refractivity contribution >= 4 is 35.8 Å². The SMILES string of the molecule is CN=C(NCC(=O)N1CCCCC1)NCc1ccco1.I. The lowest BCUT2D eigenvalue weighted by Crippen LogP contribution is -2.45. The largest absolute Gasteiger partial charge is 0.467 e. The van der Waals surface area contributed by atoms with Crippen LogP contribution in [0.25, 0.3) is 0 Å². The molecule has 1 aliphatic heterocycles. The predicted octanol–water partition coefficient (Wildman–Crippen LogP) is 1.58. The minimum atomic E-state index is 0. The van der Waals surface area contributed by atoms with Gasteiger partial charge in [0.15, 0.2) is 5.96 Å². The highest BCUT2D eigenvalue weighted by atomic mass is 127. The summed E-state index contributed by atoms with van der Waals surface area (Å²) in [7, 11) is 1.68. The summed E-state index contributed by atoms with van der Waals surface area (Å²) >= 11 is 0. The monoisotopic (exact) mass is 406 g/mol. The Morgan fingerprint density at radius 3 is 2.71 bits per heavy atom. The number of likely N-dealkylation sites (tertiary alicyclic amines) is 1. The molecule has 1 aliphatic rings. The van der Waals surface area contributed by atoms with E-state index in [9.17, 15) is 4.79 Å². The molecule has 0 spiro atoms. The quantitative estimate of drug-likeness (QED) is 0.453. The zero-order valence-corrected chi connectivity index (χ0v) is 14.6. The van der Waals surface area contributed by atoms with Crippen molar-refractivity contribution in [3.05, 3.63) is 24.2 Å². The lowest BCUT2D eigenvalue weighted by atomic mass is 10.1. The van der Waals surface area contributed by atoms with Gasteiger partial charge in [0.05, 0.1) is 19.4 Å². The molecule has 118 valence electrons. The number of halogens is 1. The third-order valence-corrected chi connectivity index (χ3v) is 3.35. The third-order valence-electron chi connectivity index (χ3n) is 3.35. The molecule has 1 aromatic rings. The number of aliphatic imine (C=N–C) groups is 1. The molecule has 1 aromatic heterocycles. The fourth-order valence-electron chi connectivity index (χ4n) is 2.22. The van der Waals surface area contributed by atoms with Crippen LogP contribution in [0.2, 0.25) is 0 Å². The highest BCUT2D eigenvalue weighted by molar-refractivity contribution is 14.0. The van der Waals surface area contributed by atoms with Gasteiger partial charge >= 0.3 is 0 Å². The molecule has 1 saturated heterocycles. The molecule has 1 amide bonds. The number of hydrogen-bond donors (Lipinski definition) is 2. The minimum absolute atomic E-state index is 0. The number of nitrogens with one attached hydrogen (secondary N) is 2. The molecule has 0 unspecified atom stereocenters. The summed E-state index contributed by atoms with van der Waals surface area (Å²) in [6, 6.07) is 3.73. The van der Waals surface area contributed by atoms with Gasteiger partial charge in [-0.25, -0.2) is 0 Å². The second kappa shape index (κ2) is 9.64. The summed E-state index contributed by atoms with van der Waals surface area (Å²) in [4.78, 5) is 18.0. The molecule has 7 heteroatoms. The molecule has 0 radical (unpaired) electrons. The van der Waals surface area contributed by atoms with Crippen molar-refractivity contribution in [2.24, 2.45) is 4.99 Å². The molecule has 2 N–H and O–H groups in total. The maximum atomic E-state index is 12.0. The molecule has 1 fully saturated rings. The van der Waals surface area contributed by atoms with Gasteiger partial charge in [0.2, 0.25) is 5.91 Å². The molecule has 21 heavy (non-hydrogen) atoms. The summed E-state index contributed by atoms with van der Waals surface area (Å²) in [5, 5.41) is 6.14. The van der Waals surface area contributed by atoms with Crippen molar-refractivity contribution in [1.82, 2.24) is 15.5 Å². The van der Waals surface area contributed by atoms with Gasteiger partial charge in [-0.2, -0.15) is 0 Å². The molecular weight excluding hydrogens is 383 g/mol. The average molecular weight is 406 g/mol. The van der Waals surface area contributed by atoms with E-state index in [1.165, 1.54) is 6.42 Å². The number of nitrogens with zero attached hydrogens (tertiary/aromatic N) is 2. The van der Waals surface area contributed by atoms with E-state index in [0.29, 0.717) is 12.5 Å². The summed E-state index contributed by atoms with van der Waals surface area (Å²) in [6.07, 6.45) is 5.07. The molecule has 2 rings (SSSR count). The number of rotatable bonds is 4. The Bertz CT molecular complexity index is 442. The molecule has 0 saturated carbocycles. The number of carbonyl (C=O) groups is 1. The Morgan fingerprint density at radius 1 is 1.33 bits per heavy atom. The highest BCUT2D eigenvalue weighted by Crippen LogP contribution is 2.08. The first kappa shape index (κ1) is 17.8. The minimum Gasteiger partial charge on any atom is -0.467 e. The zero-order chi connectivity index (χ0) is 14.2. The summed E-state index contributed by atoms with van der Waals surface area (Å²) in [6.45, 7) is 2.57. The van der Waals surface area contributed by atoms with E-state index in [4.69, 9.17) is 4.42 Å². The van der Waals surface area contributed by atoms with Gasteiger partial charge in [0.1, 0.15) is 5.76 Å². The summed E-state index contributed by atoms with van der Waals surface area (Å²) in [5.74, 6) is 1.56. The van der Waals surface area contributed by atoms with E-state index in [0.717, 1.165) is 31.7 Å². The lowest BCUT2D eigenvalue weighted by Gasteiger charge is -2.27. The topological polar surface area (TPSA) is 69.9 Å². The van der Waals surface area contributed by atoms with Crippen LogP contribution in [0, 0.1) is 0 Å². The van der Waals surface area contributed by atoms with Crippen molar-refractivity contribution in [1.29, 1.82) is 0 Å². The van der Waals surface area contributed by atoms with Crippen LogP contribution in [-0.4, -0.2) is 43.4 Å². The van der Waals surface area contributed by atoms with Gasteiger partial charge in [0, 0.05) is 20.1 Å². The van der Waals surface area contributed by atoms with Crippen LogP contribution in [0.1, 0.15) is 25.0 Å². The molecule has 0 atom stereocenters. The maximum Gasteiger partial charge on any atom is 0.241 e. The number of guanidine groups is 1. The van der Waals surface area contributed by atoms with Crippen LogP contribution in [0.15, 0.2) is 27.8 Å². The summed E-state index contributed by atoms with van der Waals surface area (Å²) < 4.78 is 5.23. The average Bonchev–Trinajstić information content (AvgIpc) is 3.01. The lowest BCUT2D eigenvalue weighted by molar-refractivity contribution is -0.130. The Morgan fingerprint density at radius 2 is 2.10 bits per heavy atom. The van der Waals surface area contributed by atoms with E-state index in [2.05, 4.69) is 15.6 Å². The molecule has 6 nitrogen and oxygen atoms in total. The van der Waals surface area contributed by atoms with Crippen molar-refractivity contribution in [2.75, 3.05) is 26.7 Å². The number of furan rings is 1. The normalized spacial score (nSPS) is 15.3. The molecule has 0 bridgehead atoms. The Balaban J connectivity index is 0.00000220. The first-order chi connectivity index (χ1) is 9.79. The van der Waals surface area contributed by atoms with Gasteiger partial charge in [-0.15, -0.1) is 24.0 Å². The number of piperidine rings is 1. The van der Waals surface area contributed by atoms with E-state index in [-0.39, 0.29) is 36.4 Å².